The average Bonchev–Trinajstić information content (AvgIpc) is 3.38. The molecule has 2 aromatic heterocycles. The highest BCUT2D eigenvalue weighted by Gasteiger charge is 2.22. The van der Waals surface area contributed by atoms with E-state index in [2.05, 4.69) is 50.2 Å². The van der Waals surface area contributed by atoms with Gasteiger partial charge in [-0.15, -0.1) is 0 Å². The number of anilines is 1. The van der Waals surface area contributed by atoms with Gasteiger partial charge in [0.25, 0.3) is 0 Å². The van der Waals surface area contributed by atoms with Crippen molar-refractivity contribution in [1.82, 2.24) is 14.5 Å². The minimum absolute atomic E-state index is 0.312. The minimum Gasteiger partial charge on any atom is -0.454 e. The van der Waals surface area contributed by atoms with Crippen molar-refractivity contribution in [2.75, 3.05) is 25.2 Å². The van der Waals surface area contributed by atoms with Crippen molar-refractivity contribution < 1.29 is 9.47 Å². The third-order valence-electron chi connectivity index (χ3n) is 5.39. The van der Waals surface area contributed by atoms with E-state index < -0.39 is 0 Å². The summed E-state index contributed by atoms with van der Waals surface area (Å²) in [5.41, 5.74) is 3.49. The molecule has 0 aliphatic carbocycles. The zero-order chi connectivity index (χ0) is 18.8. The van der Waals surface area contributed by atoms with Crippen molar-refractivity contribution in [3.8, 4) is 17.2 Å². The summed E-state index contributed by atoms with van der Waals surface area (Å²) in [5.74, 6) is 1.65. The molecule has 1 N–H and O–H groups in total. The summed E-state index contributed by atoms with van der Waals surface area (Å²) < 4.78 is 13.1. The zero-order valence-electron chi connectivity index (χ0n) is 15.8. The van der Waals surface area contributed by atoms with Crippen molar-refractivity contribution in [3.05, 3.63) is 66.7 Å². The summed E-state index contributed by atoms with van der Waals surface area (Å²) in [6.45, 7) is 3.39. The number of benzene rings is 1. The van der Waals surface area contributed by atoms with Gasteiger partial charge in [-0.1, -0.05) is 0 Å². The fraction of sp³-hybridized carbons (Fsp3) is 0.318. The molecule has 144 valence electrons. The van der Waals surface area contributed by atoms with Crippen LogP contribution in [0.2, 0.25) is 0 Å². The molecule has 4 heterocycles. The molecular formula is C22H24N4O2. The molecule has 5 rings (SSSR count). The van der Waals surface area contributed by atoms with Crippen molar-refractivity contribution in [1.29, 1.82) is 0 Å². The number of rotatable bonds is 5. The van der Waals surface area contributed by atoms with E-state index in [4.69, 9.17) is 9.47 Å². The first-order valence-electron chi connectivity index (χ1n) is 9.80. The molecule has 2 aliphatic heterocycles. The zero-order valence-corrected chi connectivity index (χ0v) is 15.8. The summed E-state index contributed by atoms with van der Waals surface area (Å²) in [6, 6.07) is 14.9. The quantitative estimate of drug-likeness (QED) is 0.736. The van der Waals surface area contributed by atoms with Crippen LogP contribution >= 0.6 is 0 Å². The molecule has 1 aromatic carbocycles. The van der Waals surface area contributed by atoms with Gasteiger partial charge in [0.2, 0.25) is 6.79 Å². The van der Waals surface area contributed by atoms with Crippen LogP contribution in [0.15, 0.2) is 61.1 Å². The van der Waals surface area contributed by atoms with E-state index in [-0.39, 0.29) is 0 Å². The summed E-state index contributed by atoms with van der Waals surface area (Å²) in [7, 11) is 0. The van der Waals surface area contributed by atoms with E-state index >= 15 is 0 Å². The first kappa shape index (κ1) is 17.1. The van der Waals surface area contributed by atoms with Crippen LogP contribution in [0.3, 0.4) is 0 Å². The SMILES string of the molecule is c1cncc(-n2cccc2CN2CCC[C@H](Nc3ccc4c(c3)OCO4)C2)c1. The minimum atomic E-state index is 0.312. The van der Waals surface area contributed by atoms with Crippen LogP contribution in [0.1, 0.15) is 18.5 Å². The summed E-state index contributed by atoms with van der Waals surface area (Å²) in [6.07, 6.45) is 8.19. The smallest absolute Gasteiger partial charge is 0.231 e. The molecule has 0 bridgehead atoms. The predicted molar refractivity (Wildman–Crippen MR) is 108 cm³/mol. The monoisotopic (exact) mass is 376 g/mol. The maximum atomic E-state index is 5.49. The molecular weight excluding hydrogens is 352 g/mol. The molecule has 0 unspecified atom stereocenters. The van der Waals surface area contributed by atoms with E-state index in [1.54, 1.807) is 0 Å². The molecule has 1 saturated heterocycles. The Hall–Kier alpha value is -2.99. The van der Waals surface area contributed by atoms with Gasteiger partial charge >= 0.3 is 0 Å². The molecule has 0 spiro atoms. The Morgan fingerprint density at radius 3 is 3.00 bits per heavy atom. The van der Waals surface area contributed by atoms with Crippen molar-refractivity contribution >= 4 is 5.69 Å². The van der Waals surface area contributed by atoms with Gasteiger partial charge in [-0.25, -0.2) is 0 Å². The average molecular weight is 376 g/mol. The second-order valence-corrected chi connectivity index (χ2v) is 7.37. The Bertz CT molecular complexity index is 941. The van der Waals surface area contributed by atoms with Crippen molar-refractivity contribution in [3.63, 3.8) is 0 Å². The van der Waals surface area contributed by atoms with E-state index in [0.717, 1.165) is 42.5 Å². The first-order chi connectivity index (χ1) is 13.8. The number of hydrogen-bond acceptors (Lipinski definition) is 5. The Balaban J connectivity index is 1.25. The Labute approximate surface area is 164 Å². The van der Waals surface area contributed by atoms with Gasteiger partial charge in [-0.3, -0.25) is 9.88 Å². The molecule has 2 aliphatic rings. The third kappa shape index (κ3) is 3.55. The molecule has 1 atom stereocenters. The van der Waals surface area contributed by atoms with Crippen LogP contribution in [-0.4, -0.2) is 40.4 Å². The largest absolute Gasteiger partial charge is 0.454 e. The lowest BCUT2D eigenvalue weighted by atomic mass is 10.0. The molecule has 1 fully saturated rings. The first-order valence-corrected chi connectivity index (χ1v) is 9.80. The highest BCUT2D eigenvalue weighted by atomic mass is 16.7. The third-order valence-corrected chi connectivity index (χ3v) is 5.39. The van der Waals surface area contributed by atoms with E-state index in [0.29, 0.717) is 12.8 Å². The van der Waals surface area contributed by atoms with Crippen LogP contribution in [0, 0.1) is 0 Å². The second-order valence-electron chi connectivity index (χ2n) is 7.37. The molecule has 0 saturated carbocycles. The summed E-state index contributed by atoms with van der Waals surface area (Å²) >= 11 is 0. The fourth-order valence-electron chi connectivity index (χ4n) is 4.06. The maximum Gasteiger partial charge on any atom is 0.231 e. The highest BCUT2D eigenvalue weighted by Crippen LogP contribution is 2.34. The predicted octanol–water partition coefficient (Wildman–Crippen LogP) is 3.68. The van der Waals surface area contributed by atoms with Gasteiger partial charge in [0.1, 0.15) is 0 Å². The van der Waals surface area contributed by atoms with Crippen LogP contribution in [-0.2, 0) is 6.54 Å². The fourth-order valence-corrected chi connectivity index (χ4v) is 4.06. The van der Waals surface area contributed by atoms with Gasteiger partial charge in [0.05, 0.1) is 11.9 Å². The number of fused-ring (bicyclic) bond motifs is 1. The van der Waals surface area contributed by atoms with E-state index in [1.807, 2.05) is 30.6 Å². The van der Waals surface area contributed by atoms with Crippen LogP contribution in [0.5, 0.6) is 11.5 Å². The van der Waals surface area contributed by atoms with E-state index in [1.165, 1.54) is 18.5 Å². The second kappa shape index (κ2) is 7.56. The van der Waals surface area contributed by atoms with Crippen molar-refractivity contribution in [2.24, 2.45) is 0 Å². The Morgan fingerprint density at radius 1 is 1.11 bits per heavy atom. The molecule has 6 heteroatoms. The Kier molecular flexibility index (Phi) is 4.62. The summed E-state index contributed by atoms with van der Waals surface area (Å²) in [5, 5.41) is 3.67. The van der Waals surface area contributed by atoms with Gasteiger partial charge < -0.3 is 19.4 Å². The van der Waals surface area contributed by atoms with Gasteiger partial charge in [-0.2, -0.15) is 0 Å². The number of nitrogens with one attached hydrogen (secondary N) is 1. The van der Waals surface area contributed by atoms with Crippen LogP contribution in [0.25, 0.3) is 5.69 Å². The molecule has 3 aromatic rings. The van der Waals surface area contributed by atoms with E-state index in [9.17, 15) is 0 Å². The number of hydrogen-bond donors (Lipinski definition) is 1. The number of pyridine rings is 1. The number of aromatic nitrogens is 2. The lowest BCUT2D eigenvalue weighted by Crippen LogP contribution is -2.41. The van der Waals surface area contributed by atoms with Gasteiger partial charge in [0, 0.05) is 49.0 Å². The lowest BCUT2D eigenvalue weighted by molar-refractivity contribution is 0.174. The number of nitrogens with zero attached hydrogens (tertiary/aromatic N) is 3. The van der Waals surface area contributed by atoms with Gasteiger partial charge in [-0.05, 0) is 55.8 Å². The number of piperidine rings is 1. The van der Waals surface area contributed by atoms with Gasteiger partial charge in [0.15, 0.2) is 11.5 Å². The number of likely N-dealkylation sites (tertiary alicyclic amines) is 1. The number of ether oxygens (including phenoxy) is 2. The topological polar surface area (TPSA) is 51.6 Å². The normalized spacial score (nSPS) is 18.9. The Morgan fingerprint density at radius 2 is 2.07 bits per heavy atom. The molecule has 28 heavy (non-hydrogen) atoms. The maximum absolute atomic E-state index is 5.49. The van der Waals surface area contributed by atoms with Crippen molar-refractivity contribution in [2.45, 2.75) is 25.4 Å². The highest BCUT2D eigenvalue weighted by molar-refractivity contribution is 5.56. The molecule has 6 nitrogen and oxygen atoms in total. The van der Waals surface area contributed by atoms with Crippen LogP contribution in [0.4, 0.5) is 5.69 Å². The standard InChI is InChI=1S/C22H24N4O2/c1-5-19(13-23-9-1)26-11-3-6-20(26)15-25-10-2-4-18(14-25)24-17-7-8-21-22(12-17)28-16-27-21/h1,3,5-9,11-13,18,24H,2,4,10,14-16H2/t18-/m0/s1. The molecule has 0 amide bonds. The van der Waals surface area contributed by atoms with Crippen LogP contribution < -0.4 is 14.8 Å². The lowest BCUT2D eigenvalue weighted by Gasteiger charge is -2.33. The molecule has 0 radical (unpaired) electrons. The summed E-state index contributed by atoms with van der Waals surface area (Å²) in [4.78, 5) is 6.77.